The molecule has 100 valence electrons. The second-order valence-electron chi connectivity index (χ2n) is 4.69. The number of rotatable bonds is 5. The number of anilines is 2. The van der Waals surface area contributed by atoms with Crippen LogP contribution in [0.4, 0.5) is 11.4 Å². The number of hydrogen-bond donors (Lipinski definition) is 4. The van der Waals surface area contributed by atoms with Crippen molar-refractivity contribution < 1.29 is 15.0 Å². The number of carboxylic acids is 1. The fraction of sp³-hybridized carbons (Fsp3) is 0.462. The average molecular weight is 252 g/mol. The standard InChI is InChI=1S/C13H20N2O3/c1-7-4-10(15-8(2)5-9(3)16)6-11(12(7)14)13(17)18/h4,6,8-9,15-16H,5,14H2,1-3H3,(H,17,18). The molecule has 0 saturated heterocycles. The molecule has 0 aliphatic carbocycles. The fourth-order valence-corrected chi connectivity index (χ4v) is 1.91. The summed E-state index contributed by atoms with van der Waals surface area (Å²) in [4.78, 5) is 11.0. The highest BCUT2D eigenvalue weighted by atomic mass is 16.4. The number of nitrogens with two attached hydrogens (primary N) is 1. The normalized spacial score (nSPS) is 14.0. The number of hydrogen-bond acceptors (Lipinski definition) is 4. The predicted molar refractivity (Wildman–Crippen MR) is 71.9 cm³/mol. The number of carbonyl (C=O) groups is 1. The summed E-state index contributed by atoms with van der Waals surface area (Å²) in [5.41, 5.74) is 7.53. The van der Waals surface area contributed by atoms with E-state index in [4.69, 9.17) is 10.8 Å². The Morgan fingerprint density at radius 3 is 2.56 bits per heavy atom. The number of nitrogen functional groups attached to an aromatic ring is 1. The van der Waals surface area contributed by atoms with Gasteiger partial charge in [0, 0.05) is 17.4 Å². The molecule has 0 amide bonds. The van der Waals surface area contributed by atoms with Crippen LogP contribution in [-0.4, -0.2) is 28.3 Å². The van der Waals surface area contributed by atoms with Gasteiger partial charge in [0.15, 0.2) is 0 Å². The van der Waals surface area contributed by atoms with Crippen LogP contribution in [0, 0.1) is 6.92 Å². The van der Waals surface area contributed by atoms with Crippen LogP contribution < -0.4 is 11.1 Å². The maximum absolute atomic E-state index is 11.0. The lowest BCUT2D eigenvalue weighted by molar-refractivity contribution is 0.0698. The Bertz CT molecular complexity index is 444. The van der Waals surface area contributed by atoms with Gasteiger partial charge >= 0.3 is 5.97 Å². The maximum Gasteiger partial charge on any atom is 0.337 e. The molecule has 5 nitrogen and oxygen atoms in total. The van der Waals surface area contributed by atoms with Gasteiger partial charge in [0.05, 0.1) is 11.7 Å². The molecule has 0 saturated carbocycles. The van der Waals surface area contributed by atoms with Crippen molar-refractivity contribution >= 4 is 17.3 Å². The molecule has 0 radical (unpaired) electrons. The summed E-state index contributed by atoms with van der Waals surface area (Å²) in [7, 11) is 0. The first-order valence-corrected chi connectivity index (χ1v) is 5.89. The Morgan fingerprint density at radius 1 is 1.44 bits per heavy atom. The molecule has 0 heterocycles. The molecule has 0 fully saturated rings. The Labute approximate surface area is 107 Å². The van der Waals surface area contributed by atoms with Gasteiger partial charge in [-0.25, -0.2) is 4.79 Å². The van der Waals surface area contributed by atoms with Gasteiger partial charge in [-0.3, -0.25) is 0 Å². The highest BCUT2D eigenvalue weighted by Crippen LogP contribution is 2.23. The minimum absolute atomic E-state index is 0.0506. The minimum Gasteiger partial charge on any atom is -0.478 e. The van der Waals surface area contributed by atoms with Crippen LogP contribution in [0.3, 0.4) is 0 Å². The number of nitrogens with one attached hydrogen (secondary N) is 1. The Balaban J connectivity index is 2.94. The van der Waals surface area contributed by atoms with Crippen molar-refractivity contribution in [3.63, 3.8) is 0 Å². The highest BCUT2D eigenvalue weighted by molar-refractivity contribution is 5.95. The largest absolute Gasteiger partial charge is 0.478 e. The van der Waals surface area contributed by atoms with Crippen molar-refractivity contribution in [1.29, 1.82) is 0 Å². The van der Waals surface area contributed by atoms with Crippen molar-refractivity contribution in [2.24, 2.45) is 0 Å². The molecular weight excluding hydrogens is 232 g/mol. The predicted octanol–water partition coefficient (Wildman–Crippen LogP) is 1.85. The van der Waals surface area contributed by atoms with Crippen LogP contribution in [0.5, 0.6) is 0 Å². The lowest BCUT2D eigenvalue weighted by Gasteiger charge is -2.18. The van der Waals surface area contributed by atoms with Gasteiger partial charge in [0.2, 0.25) is 0 Å². The molecule has 0 aliphatic rings. The number of aliphatic hydroxyl groups excluding tert-OH is 1. The first-order valence-electron chi connectivity index (χ1n) is 5.89. The lowest BCUT2D eigenvalue weighted by Crippen LogP contribution is -2.21. The number of aryl methyl sites for hydroxylation is 1. The average Bonchev–Trinajstić information content (AvgIpc) is 2.21. The summed E-state index contributed by atoms with van der Waals surface area (Å²) in [5, 5.41) is 21.5. The van der Waals surface area contributed by atoms with Crippen LogP contribution in [0.1, 0.15) is 36.2 Å². The third-order valence-electron chi connectivity index (χ3n) is 2.72. The molecule has 0 aliphatic heterocycles. The number of benzene rings is 1. The summed E-state index contributed by atoms with van der Waals surface area (Å²) in [6.45, 7) is 5.42. The van der Waals surface area contributed by atoms with Crippen molar-refractivity contribution in [2.45, 2.75) is 39.3 Å². The topological polar surface area (TPSA) is 95.6 Å². The molecule has 2 unspecified atom stereocenters. The van der Waals surface area contributed by atoms with Gasteiger partial charge in [-0.15, -0.1) is 0 Å². The van der Waals surface area contributed by atoms with E-state index in [0.717, 1.165) is 5.56 Å². The Kier molecular flexibility index (Phi) is 4.55. The summed E-state index contributed by atoms with van der Waals surface area (Å²) in [5.74, 6) is -1.04. The first-order chi connectivity index (χ1) is 8.31. The van der Waals surface area contributed by atoms with Crippen LogP contribution in [0.15, 0.2) is 12.1 Å². The Morgan fingerprint density at radius 2 is 2.06 bits per heavy atom. The molecular formula is C13H20N2O3. The van der Waals surface area contributed by atoms with Crippen LogP contribution >= 0.6 is 0 Å². The van der Waals surface area contributed by atoms with Crippen molar-refractivity contribution in [2.75, 3.05) is 11.1 Å². The van der Waals surface area contributed by atoms with Crippen molar-refractivity contribution in [3.8, 4) is 0 Å². The molecule has 5 N–H and O–H groups in total. The van der Waals surface area contributed by atoms with E-state index < -0.39 is 12.1 Å². The van der Waals surface area contributed by atoms with Gasteiger partial charge < -0.3 is 21.3 Å². The monoisotopic (exact) mass is 252 g/mol. The number of carboxylic acid groups (broad SMARTS) is 1. The highest BCUT2D eigenvalue weighted by Gasteiger charge is 2.13. The van der Waals surface area contributed by atoms with Crippen molar-refractivity contribution in [3.05, 3.63) is 23.3 Å². The molecule has 0 aromatic heterocycles. The summed E-state index contributed by atoms with van der Waals surface area (Å²) in [6.07, 6.45) is 0.188. The zero-order valence-corrected chi connectivity index (χ0v) is 10.9. The van der Waals surface area contributed by atoms with E-state index in [1.807, 2.05) is 6.92 Å². The van der Waals surface area contributed by atoms with E-state index in [-0.39, 0.29) is 17.3 Å². The van der Waals surface area contributed by atoms with Gasteiger partial charge in [-0.1, -0.05) is 0 Å². The first kappa shape index (κ1) is 14.3. The third kappa shape index (κ3) is 3.63. The number of aliphatic hydroxyl groups is 1. The van der Waals surface area contributed by atoms with E-state index >= 15 is 0 Å². The van der Waals surface area contributed by atoms with E-state index in [1.54, 1.807) is 19.9 Å². The maximum atomic E-state index is 11.0. The molecule has 1 aromatic carbocycles. The Hall–Kier alpha value is -1.75. The smallest absolute Gasteiger partial charge is 0.337 e. The van der Waals surface area contributed by atoms with Crippen LogP contribution in [0.2, 0.25) is 0 Å². The molecule has 0 bridgehead atoms. The van der Waals surface area contributed by atoms with Gasteiger partial charge in [-0.2, -0.15) is 0 Å². The van der Waals surface area contributed by atoms with Crippen LogP contribution in [-0.2, 0) is 0 Å². The summed E-state index contributed by atoms with van der Waals surface area (Å²) >= 11 is 0. The zero-order chi connectivity index (χ0) is 13.9. The molecule has 0 spiro atoms. The SMILES string of the molecule is Cc1cc(NC(C)CC(C)O)cc(C(=O)O)c1N. The number of aromatic carboxylic acids is 1. The van der Waals surface area contributed by atoms with E-state index in [2.05, 4.69) is 5.32 Å². The third-order valence-corrected chi connectivity index (χ3v) is 2.72. The molecule has 5 heteroatoms. The van der Waals surface area contributed by atoms with Gasteiger partial charge in [-0.05, 0) is 44.9 Å². The van der Waals surface area contributed by atoms with Crippen LogP contribution in [0.25, 0.3) is 0 Å². The second kappa shape index (κ2) is 5.73. The van der Waals surface area contributed by atoms with Gasteiger partial charge in [0.25, 0.3) is 0 Å². The van der Waals surface area contributed by atoms with Gasteiger partial charge in [0.1, 0.15) is 0 Å². The molecule has 1 rings (SSSR count). The molecule has 18 heavy (non-hydrogen) atoms. The quantitative estimate of drug-likeness (QED) is 0.600. The zero-order valence-electron chi connectivity index (χ0n) is 10.9. The second-order valence-corrected chi connectivity index (χ2v) is 4.69. The van der Waals surface area contributed by atoms with E-state index in [0.29, 0.717) is 12.1 Å². The van der Waals surface area contributed by atoms with Crippen molar-refractivity contribution in [1.82, 2.24) is 0 Å². The lowest BCUT2D eigenvalue weighted by atomic mass is 10.1. The molecule has 1 aromatic rings. The fourth-order valence-electron chi connectivity index (χ4n) is 1.91. The summed E-state index contributed by atoms with van der Waals surface area (Å²) in [6, 6.07) is 3.37. The van der Waals surface area contributed by atoms with E-state index in [9.17, 15) is 9.90 Å². The van der Waals surface area contributed by atoms with E-state index in [1.165, 1.54) is 6.07 Å². The molecule has 2 atom stereocenters. The minimum atomic E-state index is -1.04. The summed E-state index contributed by atoms with van der Waals surface area (Å²) < 4.78 is 0.